The smallest absolute Gasteiger partial charge is 0.0832 e. The van der Waals surface area contributed by atoms with E-state index in [2.05, 4.69) is 6.92 Å². The quantitative estimate of drug-likeness (QED) is 0.713. The Labute approximate surface area is 123 Å². The minimum absolute atomic E-state index is 0.405. The van der Waals surface area contributed by atoms with E-state index in [1.54, 1.807) is 0 Å². The molecule has 4 saturated carbocycles. The SMILES string of the molecule is C[C@@]12CCC[C@H]1[C@@H]1CCC3CCC(O)C(O)[C@@H]3[C@H]1CC2. The molecule has 0 radical (unpaired) electrons. The first-order valence-corrected chi connectivity index (χ1v) is 8.96. The largest absolute Gasteiger partial charge is 0.390 e. The van der Waals surface area contributed by atoms with Gasteiger partial charge in [0.15, 0.2) is 0 Å². The summed E-state index contributed by atoms with van der Waals surface area (Å²) in [7, 11) is 0. The number of aliphatic hydroxyl groups excluding tert-OH is 2. The molecule has 0 bridgehead atoms. The molecule has 4 aliphatic rings. The van der Waals surface area contributed by atoms with E-state index in [1.165, 1.54) is 44.9 Å². The molecule has 2 nitrogen and oxygen atoms in total. The van der Waals surface area contributed by atoms with Gasteiger partial charge in [0, 0.05) is 0 Å². The molecule has 0 aromatic heterocycles. The maximum absolute atomic E-state index is 10.6. The Balaban J connectivity index is 1.61. The van der Waals surface area contributed by atoms with Crippen molar-refractivity contribution >= 4 is 0 Å². The molecule has 0 saturated heterocycles. The second-order valence-electron chi connectivity index (χ2n) is 8.57. The third-order valence-electron chi connectivity index (χ3n) is 7.81. The van der Waals surface area contributed by atoms with Crippen LogP contribution >= 0.6 is 0 Å². The van der Waals surface area contributed by atoms with Crippen LogP contribution < -0.4 is 0 Å². The molecule has 0 spiro atoms. The molecule has 2 N–H and O–H groups in total. The van der Waals surface area contributed by atoms with Crippen molar-refractivity contribution in [2.45, 2.75) is 76.9 Å². The van der Waals surface area contributed by atoms with Gasteiger partial charge in [0.2, 0.25) is 0 Å². The van der Waals surface area contributed by atoms with Gasteiger partial charge in [-0.15, -0.1) is 0 Å². The summed E-state index contributed by atoms with van der Waals surface area (Å²) in [5.74, 6) is 3.56. The van der Waals surface area contributed by atoms with Crippen LogP contribution in [0, 0.1) is 35.0 Å². The predicted molar refractivity (Wildman–Crippen MR) is 79.1 cm³/mol. The maximum atomic E-state index is 10.6. The molecule has 0 heterocycles. The average molecular weight is 278 g/mol. The number of rotatable bonds is 0. The molecule has 2 heteroatoms. The topological polar surface area (TPSA) is 40.5 Å². The van der Waals surface area contributed by atoms with E-state index in [9.17, 15) is 10.2 Å². The van der Waals surface area contributed by atoms with Crippen LogP contribution in [0.5, 0.6) is 0 Å². The molecule has 114 valence electrons. The van der Waals surface area contributed by atoms with Gasteiger partial charge in [-0.3, -0.25) is 0 Å². The number of hydrogen-bond donors (Lipinski definition) is 2. The van der Waals surface area contributed by atoms with Crippen molar-refractivity contribution in [3.63, 3.8) is 0 Å². The van der Waals surface area contributed by atoms with Crippen LogP contribution in [-0.4, -0.2) is 22.4 Å². The molecular weight excluding hydrogens is 248 g/mol. The Bertz CT molecular complexity index is 380. The fraction of sp³-hybridized carbons (Fsp3) is 1.00. The van der Waals surface area contributed by atoms with E-state index in [-0.39, 0.29) is 0 Å². The fourth-order valence-electron chi connectivity index (χ4n) is 6.83. The van der Waals surface area contributed by atoms with E-state index < -0.39 is 12.2 Å². The molecular formula is C18H30O2. The zero-order valence-corrected chi connectivity index (χ0v) is 12.8. The Hall–Kier alpha value is -0.0800. The molecule has 8 atom stereocenters. The zero-order chi connectivity index (χ0) is 13.9. The zero-order valence-electron chi connectivity index (χ0n) is 12.8. The summed E-state index contributed by atoms with van der Waals surface area (Å²) in [6, 6.07) is 0. The van der Waals surface area contributed by atoms with Gasteiger partial charge >= 0.3 is 0 Å². The first-order valence-electron chi connectivity index (χ1n) is 8.96. The van der Waals surface area contributed by atoms with E-state index in [0.29, 0.717) is 23.2 Å². The van der Waals surface area contributed by atoms with E-state index in [4.69, 9.17) is 0 Å². The van der Waals surface area contributed by atoms with Crippen LogP contribution in [0.3, 0.4) is 0 Å². The van der Waals surface area contributed by atoms with Crippen LogP contribution in [0.2, 0.25) is 0 Å². The lowest BCUT2D eigenvalue weighted by Gasteiger charge is -2.56. The van der Waals surface area contributed by atoms with Crippen molar-refractivity contribution in [1.29, 1.82) is 0 Å². The Kier molecular flexibility index (Phi) is 3.20. The van der Waals surface area contributed by atoms with Gasteiger partial charge in [0.25, 0.3) is 0 Å². The number of hydrogen-bond acceptors (Lipinski definition) is 2. The lowest BCUT2D eigenvalue weighted by atomic mass is 9.50. The summed E-state index contributed by atoms with van der Waals surface area (Å²) in [5.41, 5.74) is 0.603. The van der Waals surface area contributed by atoms with Crippen LogP contribution in [0.4, 0.5) is 0 Å². The third-order valence-corrected chi connectivity index (χ3v) is 7.81. The molecule has 4 aliphatic carbocycles. The molecule has 20 heavy (non-hydrogen) atoms. The van der Waals surface area contributed by atoms with Crippen molar-refractivity contribution in [2.75, 3.05) is 0 Å². The van der Waals surface area contributed by atoms with Gasteiger partial charge in [-0.1, -0.05) is 13.3 Å². The molecule has 4 fully saturated rings. The molecule has 0 amide bonds. The van der Waals surface area contributed by atoms with Crippen LogP contribution in [-0.2, 0) is 0 Å². The fourth-order valence-corrected chi connectivity index (χ4v) is 6.83. The van der Waals surface area contributed by atoms with Crippen molar-refractivity contribution in [1.82, 2.24) is 0 Å². The van der Waals surface area contributed by atoms with Gasteiger partial charge in [-0.2, -0.15) is 0 Å². The lowest BCUT2D eigenvalue weighted by Crippen LogP contribution is -2.53. The van der Waals surface area contributed by atoms with Crippen LogP contribution in [0.25, 0.3) is 0 Å². The molecule has 3 unspecified atom stereocenters. The normalized spacial score (nSPS) is 58.6. The highest BCUT2D eigenvalue weighted by Crippen LogP contribution is 2.62. The first-order chi connectivity index (χ1) is 9.60. The highest BCUT2D eigenvalue weighted by atomic mass is 16.3. The van der Waals surface area contributed by atoms with Crippen molar-refractivity contribution in [3.8, 4) is 0 Å². The van der Waals surface area contributed by atoms with Crippen molar-refractivity contribution in [3.05, 3.63) is 0 Å². The third kappa shape index (κ3) is 1.83. The highest BCUT2D eigenvalue weighted by molar-refractivity contribution is 5.05. The highest BCUT2D eigenvalue weighted by Gasteiger charge is 2.55. The van der Waals surface area contributed by atoms with Crippen molar-refractivity contribution < 1.29 is 10.2 Å². The molecule has 0 aromatic rings. The first kappa shape index (κ1) is 13.6. The molecule has 4 rings (SSSR count). The molecule has 0 aliphatic heterocycles. The summed E-state index contributed by atoms with van der Waals surface area (Å²) in [5, 5.41) is 20.7. The van der Waals surface area contributed by atoms with E-state index in [0.717, 1.165) is 24.7 Å². The van der Waals surface area contributed by atoms with Gasteiger partial charge < -0.3 is 10.2 Å². The van der Waals surface area contributed by atoms with Gasteiger partial charge in [0.05, 0.1) is 12.2 Å². The Morgan fingerprint density at radius 3 is 2.50 bits per heavy atom. The Morgan fingerprint density at radius 1 is 0.850 bits per heavy atom. The maximum Gasteiger partial charge on any atom is 0.0832 e. The summed E-state index contributed by atoms with van der Waals surface area (Å²) in [6.07, 6.45) is 10.7. The second kappa shape index (κ2) is 4.71. The predicted octanol–water partition coefficient (Wildman–Crippen LogP) is 3.36. The standard InChI is InChI=1S/C18H30O2/c1-18-9-2-3-14(18)12-6-4-11-5-7-15(19)17(20)16(11)13(12)8-10-18/h11-17,19-20H,2-10H2,1H3/t11?,12-,13+,14+,15?,16+,17?,18+/m1/s1. The van der Waals surface area contributed by atoms with E-state index in [1.807, 2.05) is 0 Å². The Morgan fingerprint density at radius 2 is 1.65 bits per heavy atom. The summed E-state index contributed by atoms with van der Waals surface area (Å²) in [6.45, 7) is 2.53. The van der Waals surface area contributed by atoms with E-state index >= 15 is 0 Å². The van der Waals surface area contributed by atoms with Gasteiger partial charge in [0.1, 0.15) is 0 Å². The van der Waals surface area contributed by atoms with Gasteiger partial charge in [-0.05, 0) is 86.4 Å². The number of fused-ring (bicyclic) bond motifs is 5. The minimum atomic E-state index is -0.452. The van der Waals surface area contributed by atoms with Crippen molar-refractivity contribution in [2.24, 2.45) is 35.0 Å². The molecule has 0 aromatic carbocycles. The lowest BCUT2D eigenvalue weighted by molar-refractivity contribution is -0.137. The average Bonchev–Trinajstić information content (AvgIpc) is 2.84. The number of aliphatic hydroxyl groups is 2. The minimum Gasteiger partial charge on any atom is -0.390 e. The summed E-state index contributed by atoms with van der Waals surface area (Å²) in [4.78, 5) is 0. The van der Waals surface area contributed by atoms with Crippen LogP contribution in [0.1, 0.15) is 64.7 Å². The second-order valence-corrected chi connectivity index (χ2v) is 8.57. The monoisotopic (exact) mass is 278 g/mol. The summed E-state index contributed by atoms with van der Waals surface area (Å²) >= 11 is 0. The van der Waals surface area contributed by atoms with Crippen LogP contribution in [0.15, 0.2) is 0 Å². The van der Waals surface area contributed by atoms with Gasteiger partial charge in [-0.25, -0.2) is 0 Å². The summed E-state index contributed by atoms with van der Waals surface area (Å²) < 4.78 is 0.